The lowest BCUT2D eigenvalue weighted by molar-refractivity contribution is -0.142. The number of carbonyl (C=O) groups is 2. The van der Waals surface area contributed by atoms with Gasteiger partial charge in [-0.05, 0) is 32.4 Å². The highest BCUT2D eigenvalue weighted by Crippen LogP contribution is 2.22. The molecule has 0 fully saturated rings. The Morgan fingerprint density at radius 2 is 1.97 bits per heavy atom. The lowest BCUT2D eigenvalue weighted by Crippen LogP contribution is -2.20. The molecule has 0 radical (unpaired) electrons. The van der Waals surface area contributed by atoms with Crippen LogP contribution in [-0.2, 0) is 20.9 Å². The van der Waals surface area contributed by atoms with Crippen molar-refractivity contribution in [2.24, 2.45) is 0 Å². The largest absolute Gasteiger partial charge is 0.452 e. The molecule has 0 saturated heterocycles. The van der Waals surface area contributed by atoms with E-state index < -0.39 is 18.5 Å². The first kappa shape index (κ1) is 21.7. The Bertz CT molecular complexity index is 1090. The zero-order valence-electron chi connectivity index (χ0n) is 16.8. The standard InChI is InChI=1S/C21H21ClN4O3S/c1-13-4-6-16(7-5-13)10-26-20(22)17(15(3)25-26)8-9-19(28)29-11-18(27)24-21-23-14(2)12-30-21/h4-9,12H,10-11H2,1-3H3,(H,23,24,27)/b9-8+. The maximum Gasteiger partial charge on any atom is 0.331 e. The average molecular weight is 445 g/mol. The van der Waals surface area contributed by atoms with E-state index in [9.17, 15) is 9.59 Å². The van der Waals surface area contributed by atoms with Crippen molar-refractivity contribution in [1.29, 1.82) is 0 Å². The number of hydrogen-bond donors (Lipinski definition) is 1. The highest BCUT2D eigenvalue weighted by atomic mass is 35.5. The molecular formula is C21H21ClN4O3S. The summed E-state index contributed by atoms with van der Waals surface area (Å²) in [6.45, 7) is 5.79. The number of hydrogen-bond acceptors (Lipinski definition) is 6. The summed E-state index contributed by atoms with van der Waals surface area (Å²) in [5.74, 6) is -1.10. The number of anilines is 1. The Morgan fingerprint density at radius 1 is 1.23 bits per heavy atom. The van der Waals surface area contributed by atoms with Gasteiger partial charge < -0.3 is 4.74 Å². The molecule has 0 aliphatic rings. The van der Waals surface area contributed by atoms with Gasteiger partial charge in [-0.25, -0.2) is 14.5 Å². The summed E-state index contributed by atoms with van der Waals surface area (Å²) in [5.41, 5.74) is 4.38. The number of aromatic nitrogens is 3. The Kier molecular flexibility index (Phi) is 7.02. The van der Waals surface area contributed by atoms with E-state index in [-0.39, 0.29) is 0 Å². The molecule has 0 saturated carbocycles. The van der Waals surface area contributed by atoms with Crippen LogP contribution in [0.5, 0.6) is 0 Å². The molecule has 3 aromatic rings. The third-order valence-corrected chi connectivity index (χ3v) is 5.43. The van der Waals surface area contributed by atoms with Gasteiger partial charge in [-0.2, -0.15) is 5.10 Å². The van der Waals surface area contributed by atoms with Crippen LogP contribution in [0, 0.1) is 20.8 Å². The molecule has 30 heavy (non-hydrogen) atoms. The number of ether oxygens (including phenoxy) is 1. The van der Waals surface area contributed by atoms with E-state index >= 15 is 0 Å². The first-order chi connectivity index (χ1) is 14.3. The van der Waals surface area contributed by atoms with Crippen LogP contribution in [0.4, 0.5) is 5.13 Å². The quantitative estimate of drug-likeness (QED) is 0.436. The number of esters is 1. The molecule has 0 spiro atoms. The van der Waals surface area contributed by atoms with Crippen LogP contribution in [0.25, 0.3) is 6.08 Å². The molecule has 1 N–H and O–H groups in total. The van der Waals surface area contributed by atoms with Gasteiger partial charge in [-0.15, -0.1) is 11.3 Å². The smallest absolute Gasteiger partial charge is 0.331 e. The Balaban J connectivity index is 1.57. The van der Waals surface area contributed by atoms with E-state index in [0.717, 1.165) is 11.3 Å². The van der Waals surface area contributed by atoms with Crippen molar-refractivity contribution < 1.29 is 14.3 Å². The Morgan fingerprint density at radius 3 is 2.63 bits per heavy atom. The van der Waals surface area contributed by atoms with Gasteiger partial charge in [0.15, 0.2) is 11.7 Å². The van der Waals surface area contributed by atoms with Crippen molar-refractivity contribution in [2.75, 3.05) is 11.9 Å². The molecule has 156 valence electrons. The fraction of sp³-hybridized carbons (Fsp3) is 0.238. The molecule has 1 amide bonds. The van der Waals surface area contributed by atoms with Crippen molar-refractivity contribution in [2.45, 2.75) is 27.3 Å². The minimum atomic E-state index is -0.651. The van der Waals surface area contributed by atoms with Crippen molar-refractivity contribution in [1.82, 2.24) is 14.8 Å². The van der Waals surface area contributed by atoms with Gasteiger partial charge in [0.1, 0.15) is 5.15 Å². The lowest BCUT2D eigenvalue weighted by atomic mass is 10.1. The summed E-state index contributed by atoms with van der Waals surface area (Å²) < 4.78 is 6.64. The predicted molar refractivity (Wildman–Crippen MR) is 118 cm³/mol. The zero-order valence-corrected chi connectivity index (χ0v) is 18.4. The molecule has 9 heteroatoms. The van der Waals surface area contributed by atoms with Crippen molar-refractivity contribution in [3.8, 4) is 0 Å². The normalized spacial score (nSPS) is 11.1. The van der Waals surface area contributed by atoms with Crippen molar-refractivity contribution >= 4 is 46.0 Å². The third-order valence-electron chi connectivity index (χ3n) is 4.16. The molecule has 1 aromatic carbocycles. The van der Waals surface area contributed by atoms with E-state index in [1.165, 1.54) is 23.0 Å². The molecule has 0 bridgehead atoms. The molecule has 0 aliphatic heterocycles. The number of amides is 1. The van der Waals surface area contributed by atoms with E-state index in [4.69, 9.17) is 16.3 Å². The number of rotatable bonds is 7. The van der Waals surface area contributed by atoms with Gasteiger partial charge in [-0.1, -0.05) is 41.4 Å². The second-order valence-corrected chi connectivity index (χ2v) is 7.93. The monoisotopic (exact) mass is 444 g/mol. The molecule has 2 aromatic heterocycles. The van der Waals surface area contributed by atoms with Gasteiger partial charge in [0.05, 0.1) is 17.9 Å². The minimum absolute atomic E-state index is 0.402. The van der Waals surface area contributed by atoms with Crippen LogP contribution in [0.2, 0.25) is 5.15 Å². The number of nitrogens with zero attached hydrogens (tertiary/aromatic N) is 3. The lowest BCUT2D eigenvalue weighted by Gasteiger charge is -2.04. The Hall–Kier alpha value is -2.97. The molecule has 7 nitrogen and oxygen atoms in total. The van der Waals surface area contributed by atoms with Crippen LogP contribution < -0.4 is 5.32 Å². The molecule has 0 atom stereocenters. The number of thiazole rings is 1. The molecular weight excluding hydrogens is 424 g/mol. The summed E-state index contributed by atoms with van der Waals surface area (Å²) >= 11 is 7.75. The van der Waals surface area contributed by atoms with Crippen LogP contribution in [0.3, 0.4) is 0 Å². The number of carbonyl (C=O) groups excluding carboxylic acids is 2. The number of halogens is 1. The third kappa shape index (κ3) is 5.77. The minimum Gasteiger partial charge on any atom is -0.452 e. The highest BCUT2D eigenvalue weighted by Gasteiger charge is 2.13. The van der Waals surface area contributed by atoms with Crippen LogP contribution in [0.15, 0.2) is 35.7 Å². The molecule has 0 aliphatic carbocycles. The second kappa shape index (κ2) is 9.69. The summed E-state index contributed by atoms with van der Waals surface area (Å²) in [6.07, 6.45) is 2.77. The molecule has 2 heterocycles. The number of nitrogens with one attached hydrogen (secondary N) is 1. The Labute approximate surface area is 183 Å². The number of aryl methyl sites for hydroxylation is 3. The van der Waals surface area contributed by atoms with Crippen molar-refractivity contribution in [3.63, 3.8) is 0 Å². The SMILES string of the molecule is Cc1ccc(Cn2nc(C)c(/C=C/C(=O)OCC(=O)Nc3nc(C)cs3)c2Cl)cc1. The van der Waals surface area contributed by atoms with Gasteiger partial charge in [-0.3, -0.25) is 10.1 Å². The molecule has 0 unspecified atom stereocenters. The van der Waals surface area contributed by atoms with E-state index in [1.54, 1.807) is 10.8 Å². The fourth-order valence-corrected chi connectivity index (χ4v) is 3.63. The molecule has 3 rings (SSSR count). The van der Waals surface area contributed by atoms with Crippen LogP contribution in [0.1, 0.15) is 28.1 Å². The second-order valence-electron chi connectivity index (χ2n) is 6.72. The van der Waals surface area contributed by atoms with Crippen LogP contribution in [-0.4, -0.2) is 33.2 Å². The van der Waals surface area contributed by atoms with E-state index in [0.29, 0.717) is 28.1 Å². The first-order valence-electron chi connectivity index (χ1n) is 9.17. The van der Waals surface area contributed by atoms with Crippen molar-refractivity contribution in [3.05, 3.63) is 69.0 Å². The van der Waals surface area contributed by atoms with E-state index in [2.05, 4.69) is 15.4 Å². The predicted octanol–water partition coefficient (Wildman–Crippen LogP) is 4.16. The van der Waals surface area contributed by atoms with E-state index in [1.807, 2.05) is 50.4 Å². The van der Waals surface area contributed by atoms with Gasteiger partial charge >= 0.3 is 5.97 Å². The fourth-order valence-electron chi connectivity index (χ4n) is 2.63. The summed E-state index contributed by atoms with van der Waals surface area (Å²) in [7, 11) is 0. The van der Waals surface area contributed by atoms with Crippen LogP contribution >= 0.6 is 22.9 Å². The summed E-state index contributed by atoms with van der Waals surface area (Å²) in [5, 5.41) is 9.72. The average Bonchev–Trinajstić information content (AvgIpc) is 3.22. The maximum absolute atomic E-state index is 12.0. The van der Waals surface area contributed by atoms with Gasteiger partial charge in [0.25, 0.3) is 5.91 Å². The first-order valence-corrected chi connectivity index (χ1v) is 10.4. The summed E-state index contributed by atoms with van der Waals surface area (Å²) in [6, 6.07) is 8.10. The summed E-state index contributed by atoms with van der Waals surface area (Å²) in [4.78, 5) is 27.9. The highest BCUT2D eigenvalue weighted by molar-refractivity contribution is 7.13. The topological polar surface area (TPSA) is 86.1 Å². The van der Waals surface area contributed by atoms with Gasteiger partial charge in [0.2, 0.25) is 0 Å². The number of benzene rings is 1. The maximum atomic E-state index is 12.0. The van der Waals surface area contributed by atoms with Gasteiger partial charge in [0, 0.05) is 17.0 Å². The zero-order chi connectivity index (χ0) is 21.7.